The molecule has 1 aliphatic carbocycles. The fraction of sp³-hybridized carbons (Fsp3) is 0.769. The maximum absolute atomic E-state index is 11.6. The third kappa shape index (κ3) is 1.54. The van der Waals surface area contributed by atoms with Gasteiger partial charge in [-0.2, -0.15) is 0 Å². The van der Waals surface area contributed by atoms with Crippen molar-refractivity contribution in [2.75, 3.05) is 0 Å². The highest BCUT2D eigenvalue weighted by Gasteiger charge is 2.57. The molecular formula is C13H20O3. The summed E-state index contributed by atoms with van der Waals surface area (Å²) in [7, 11) is 0. The molecule has 1 fully saturated rings. The van der Waals surface area contributed by atoms with E-state index in [9.17, 15) is 9.90 Å². The second kappa shape index (κ2) is 3.17. The molecule has 2 atom stereocenters. The lowest BCUT2D eigenvalue weighted by Gasteiger charge is -2.47. The molecule has 0 radical (unpaired) electrons. The van der Waals surface area contributed by atoms with Crippen LogP contribution in [0.3, 0.4) is 0 Å². The summed E-state index contributed by atoms with van der Waals surface area (Å²) in [6.45, 7) is 7.72. The summed E-state index contributed by atoms with van der Waals surface area (Å²) in [5.41, 5.74) is 0.236. The van der Waals surface area contributed by atoms with Crippen LogP contribution in [0.5, 0.6) is 0 Å². The zero-order valence-corrected chi connectivity index (χ0v) is 10.5. The molecule has 3 heteroatoms. The number of hydrogen-bond donors (Lipinski definition) is 1. The Balaban J connectivity index is 2.46. The Morgan fingerprint density at radius 2 is 1.94 bits per heavy atom. The zero-order valence-electron chi connectivity index (χ0n) is 10.5. The van der Waals surface area contributed by atoms with E-state index in [1.807, 2.05) is 20.8 Å². The molecular weight excluding hydrogens is 204 g/mol. The van der Waals surface area contributed by atoms with E-state index >= 15 is 0 Å². The molecule has 0 bridgehead atoms. The van der Waals surface area contributed by atoms with Crippen LogP contribution in [0.2, 0.25) is 0 Å². The predicted molar refractivity (Wildman–Crippen MR) is 60.8 cm³/mol. The van der Waals surface area contributed by atoms with Crippen molar-refractivity contribution in [1.29, 1.82) is 0 Å². The minimum Gasteiger partial charge on any atom is -0.366 e. The van der Waals surface area contributed by atoms with Gasteiger partial charge in [0.15, 0.2) is 11.6 Å². The molecule has 1 spiro atoms. The smallest absolute Gasteiger partial charge is 0.163 e. The van der Waals surface area contributed by atoms with Crippen LogP contribution in [0.15, 0.2) is 11.6 Å². The van der Waals surface area contributed by atoms with E-state index in [0.29, 0.717) is 12.8 Å². The molecule has 2 rings (SSSR count). The van der Waals surface area contributed by atoms with E-state index in [1.165, 1.54) is 0 Å². The molecule has 0 unspecified atom stereocenters. The largest absolute Gasteiger partial charge is 0.366 e. The number of carbonyl (C=O) groups excluding carboxylic acids is 1. The molecule has 0 aromatic carbocycles. The van der Waals surface area contributed by atoms with Crippen molar-refractivity contribution in [3.05, 3.63) is 11.6 Å². The maximum atomic E-state index is 11.6. The maximum Gasteiger partial charge on any atom is 0.163 e. The average molecular weight is 224 g/mol. The monoisotopic (exact) mass is 224 g/mol. The molecule has 1 heterocycles. The summed E-state index contributed by atoms with van der Waals surface area (Å²) >= 11 is 0. The van der Waals surface area contributed by atoms with Gasteiger partial charge in [-0.25, -0.2) is 0 Å². The van der Waals surface area contributed by atoms with Gasteiger partial charge in [-0.15, -0.1) is 0 Å². The van der Waals surface area contributed by atoms with Crippen LogP contribution in [0.4, 0.5) is 0 Å². The molecule has 0 amide bonds. The van der Waals surface area contributed by atoms with Crippen molar-refractivity contribution < 1.29 is 14.6 Å². The van der Waals surface area contributed by atoms with Gasteiger partial charge >= 0.3 is 0 Å². The van der Waals surface area contributed by atoms with Gasteiger partial charge in [0.05, 0.1) is 5.60 Å². The topological polar surface area (TPSA) is 46.5 Å². The molecule has 1 saturated heterocycles. The van der Waals surface area contributed by atoms with Crippen LogP contribution >= 0.6 is 0 Å². The minimum absolute atomic E-state index is 0.156. The second-order valence-corrected chi connectivity index (χ2v) is 5.96. The van der Waals surface area contributed by atoms with E-state index in [-0.39, 0.29) is 11.2 Å². The van der Waals surface area contributed by atoms with Crippen LogP contribution < -0.4 is 0 Å². The van der Waals surface area contributed by atoms with E-state index in [0.717, 1.165) is 12.0 Å². The highest BCUT2D eigenvalue weighted by Crippen LogP contribution is 2.54. The van der Waals surface area contributed by atoms with Crippen molar-refractivity contribution in [3.63, 3.8) is 0 Å². The molecule has 1 aliphatic heterocycles. The van der Waals surface area contributed by atoms with Crippen molar-refractivity contribution in [2.45, 2.75) is 58.3 Å². The van der Waals surface area contributed by atoms with E-state index in [1.54, 1.807) is 13.0 Å². The highest BCUT2D eigenvalue weighted by molar-refractivity contribution is 5.92. The zero-order chi connectivity index (χ0) is 12.2. The van der Waals surface area contributed by atoms with Gasteiger partial charge in [-0.1, -0.05) is 13.8 Å². The first kappa shape index (κ1) is 11.8. The van der Waals surface area contributed by atoms with Crippen molar-refractivity contribution in [1.82, 2.24) is 0 Å². The third-order valence-electron chi connectivity index (χ3n) is 4.06. The lowest BCUT2D eigenvalue weighted by Crippen LogP contribution is -2.50. The van der Waals surface area contributed by atoms with Crippen LogP contribution in [-0.2, 0) is 9.53 Å². The summed E-state index contributed by atoms with van der Waals surface area (Å²) in [6.07, 6.45) is 3.56. The lowest BCUT2D eigenvalue weighted by molar-refractivity contribution is -0.229. The Bertz CT molecular complexity index is 365. The molecule has 3 nitrogen and oxygen atoms in total. The molecule has 0 aromatic heterocycles. The number of rotatable bonds is 0. The fourth-order valence-electron chi connectivity index (χ4n) is 3.16. The Labute approximate surface area is 96.5 Å². The second-order valence-electron chi connectivity index (χ2n) is 5.96. The van der Waals surface area contributed by atoms with Gasteiger partial charge < -0.3 is 9.84 Å². The molecule has 0 saturated carbocycles. The Morgan fingerprint density at radius 3 is 2.38 bits per heavy atom. The quantitative estimate of drug-likeness (QED) is 0.686. The SMILES string of the molecule is CC1=CC(=O)CC(C)(C)[C@]12CC[C@](C)(O)O2. The van der Waals surface area contributed by atoms with Crippen molar-refractivity contribution in [2.24, 2.45) is 5.41 Å². The first-order valence-corrected chi connectivity index (χ1v) is 5.83. The minimum atomic E-state index is -1.06. The number of carbonyl (C=O) groups is 1. The number of allylic oxidation sites excluding steroid dienone is 1. The van der Waals surface area contributed by atoms with Crippen LogP contribution in [0.25, 0.3) is 0 Å². The molecule has 1 N–H and O–H groups in total. The summed E-state index contributed by atoms with van der Waals surface area (Å²) in [5.74, 6) is -0.907. The summed E-state index contributed by atoms with van der Waals surface area (Å²) in [5, 5.41) is 9.99. The first-order valence-electron chi connectivity index (χ1n) is 5.83. The molecule has 90 valence electrons. The lowest BCUT2D eigenvalue weighted by atomic mass is 9.63. The fourth-order valence-corrected chi connectivity index (χ4v) is 3.16. The number of ether oxygens (including phenoxy) is 1. The van der Waals surface area contributed by atoms with Crippen LogP contribution in [0.1, 0.15) is 47.0 Å². The third-order valence-corrected chi connectivity index (χ3v) is 4.06. The number of hydrogen-bond acceptors (Lipinski definition) is 3. The molecule has 16 heavy (non-hydrogen) atoms. The Kier molecular flexibility index (Phi) is 2.34. The van der Waals surface area contributed by atoms with Gasteiger partial charge in [0.25, 0.3) is 0 Å². The standard InChI is InChI=1S/C13H20O3/c1-9-7-10(14)8-11(2,3)13(9)6-5-12(4,15)16-13/h7,15H,5-6,8H2,1-4H3/t12-,13+/m1/s1. The first-order chi connectivity index (χ1) is 7.19. The number of aliphatic hydroxyl groups is 1. The van der Waals surface area contributed by atoms with E-state index < -0.39 is 11.4 Å². The van der Waals surface area contributed by atoms with Gasteiger partial charge in [-0.3, -0.25) is 4.79 Å². The highest BCUT2D eigenvalue weighted by atomic mass is 16.6. The Hall–Kier alpha value is -0.670. The average Bonchev–Trinajstić information content (AvgIpc) is 2.40. The Morgan fingerprint density at radius 1 is 1.31 bits per heavy atom. The van der Waals surface area contributed by atoms with Gasteiger partial charge in [-0.05, 0) is 31.9 Å². The van der Waals surface area contributed by atoms with Gasteiger partial charge in [0, 0.05) is 18.3 Å². The van der Waals surface area contributed by atoms with Crippen molar-refractivity contribution >= 4 is 5.78 Å². The van der Waals surface area contributed by atoms with Gasteiger partial charge in [0.2, 0.25) is 0 Å². The molecule has 2 aliphatic rings. The van der Waals surface area contributed by atoms with E-state index in [2.05, 4.69) is 0 Å². The number of ketones is 1. The van der Waals surface area contributed by atoms with E-state index in [4.69, 9.17) is 4.74 Å². The summed E-state index contributed by atoms with van der Waals surface area (Å²) in [6, 6.07) is 0. The summed E-state index contributed by atoms with van der Waals surface area (Å²) < 4.78 is 5.89. The van der Waals surface area contributed by atoms with Gasteiger partial charge in [0.1, 0.15) is 0 Å². The van der Waals surface area contributed by atoms with Crippen LogP contribution in [0, 0.1) is 5.41 Å². The summed E-state index contributed by atoms with van der Waals surface area (Å²) in [4.78, 5) is 11.6. The molecule has 0 aromatic rings. The normalized spacial score (nSPS) is 42.6. The van der Waals surface area contributed by atoms with Crippen molar-refractivity contribution in [3.8, 4) is 0 Å². The van der Waals surface area contributed by atoms with Crippen LogP contribution in [-0.4, -0.2) is 22.3 Å². The predicted octanol–water partition coefficient (Wildman–Crippen LogP) is 2.19.